The first-order valence-corrected chi connectivity index (χ1v) is 10.8. The molecule has 0 radical (unpaired) electrons. The highest BCUT2D eigenvalue weighted by molar-refractivity contribution is 6.09. The molecule has 0 bridgehead atoms. The number of ether oxygens (including phenoxy) is 1. The van der Waals surface area contributed by atoms with Gasteiger partial charge in [0, 0.05) is 17.4 Å². The van der Waals surface area contributed by atoms with Crippen LogP contribution in [-0.4, -0.2) is 33.4 Å². The predicted molar refractivity (Wildman–Crippen MR) is 122 cm³/mol. The molecule has 1 saturated heterocycles. The van der Waals surface area contributed by atoms with Crippen LogP contribution < -0.4 is 11.3 Å². The van der Waals surface area contributed by atoms with Gasteiger partial charge in [-0.2, -0.15) is 0 Å². The highest BCUT2D eigenvalue weighted by Gasteiger charge is 2.60. The molecule has 1 aliphatic carbocycles. The summed E-state index contributed by atoms with van der Waals surface area (Å²) in [6.45, 7) is 14.4. The topological polar surface area (TPSA) is 95.4 Å². The van der Waals surface area contributed by atoms with E-state index in [9.17, 15) is 9.18 Å². The molecule has 4 rings (SSSR count). The number of anilines is 1. The van der Waals surface area contributed by atoms with Crippen LogP contribution in [0.2, 0.25) is 0 Å². The molecule has 7 nitrogen and oxygen atoms in total. The Morgan fingerprint density at radius 3 is 2.61 bits per heavy atom. The fourth-order valence-corrected chi connectivity index (χ4v) is 3.76. The number of hydrogen-bond acceptors (Lipinski definition) is 6. The van der Waals surface area contributed by atoms with Crippen molar-refractivity contribution in [3.63, 3.8) is 0 Å². The van der Waals surface area contributed by atoms with E-state index in [2.05, 4.69) is 21.9 Å². The Kier molecular flexibility index (Phi) is 8.62. The third-order valence-corrected chi connectivity index (χ3v) is 5.31. The second kappa shape index (κ2) is 10.9. The Bertz CT molecular complexity index is 988. The third-order valence-electron chi connectivity index (χ3n) is 5.31. The van der Waals surface area contributed by atoms with Gasteiger partial charge in [0.2, 0.25) is 0 Å². The molecule has 1 unspecified atom stereocenters. The average Bonchev–Trinajstić information content (AvgIpc) is 3.40. The second-order valence-electron chi connectivity index (χ2n) is 6.87. The molecular weight excluding hydrogens is 397 g/mol. The van der Waals surface area contributed by atoms with Crippen molar-refractivity contribution in [2.75, 3.05) is 12.3 Å². The van der Waals surface area contributed by atoms with Crippen molar-refractivity contribution >= 4 is 11.4 Å². The lowest BCUT2D eigenvalue weighted by molar-refractivity contribution is 0.0796. The lowest BCUT2D eigenvalue weighted by atomic mass is 10.2. The Balaban J connectivity index is 0.000000807. The number of nitrogens with zero attached hydrogens (tertiary/aromatic N) is 4. The van der Waals surface area contributed by atoms with Gasteiger partial charge >= 0.3 is 0 Å². The fourth-order valence-electron chi connectivity index (χ4n) is 3.76. The van der Waals surface area contributed by atoms with Crippen LogP contribution in [-0.2, 0) is 11.3 Å². The van der Waals surface area contributed by atoms with Gasteiger partial charge in [0.25, 0.3) is 5.56 Å². The maximum Gasteiger partial charge on any atom is 0.293 e. The minimum atomic E-state index is -0.396. The molecule has 4 atom stereocenters. The average molecular weight is 430 g/mol. The number of allylic oxidation sites excluding steroid dienone is 1. The van der Waals surface area contributed by atoms with Crippen LogP contribution in [0.4, 0.5) is 10.1 Å². The van der Waals surface area contributed by atoms with Crippen LogP contribution in [0.25, 0.3) is 0 Å². The number of hydrogen-bond donors (Lipinski definition) is 1. The van der Waals surface area contributed by atoms with E-state index in [1.807, 2.05) is 34.6 Å². The normalized spacial score (nSPS) is 23.6. The van der Waals surface area contributed by atoms with Crippen LogP contribution in [0.3, 0.4) is 0 Å². The van der Waals surface area contributed by atoms with Gasteiger partial charge in [-0.05, 0) is 19.1 Å². The SMILES string of the molecule is C=CC(=NCc1ccccc1F)c1nnn([C@@H]2C3[C@H]2CO[C@@H]3C)c(=O)c1N.CC.CC. The van der Waals surface area contributed by atoms with Crippen LogP contribution in [0.15, 0.2) is 46.7 Å². The summed E-state index contributed by atoms with van der Waals surface area (Å²) in [6, 6.07) is 6.33. The van der Waals surface area contributed by atoms with Gasteiger partial charge in [0.15, 0.2) is 0 Å². The lowest BCUT2D eigenvalue weighted by Crippen LogP contribution is -2.31. The van der Waals surface area contributed by atoms with E-state index in [1.165, 1.54) is 16.8 Å². The first-order chi connectivity index (χ1) is 15.0. The Morgan fingerprint density at radius 2 is 2.03 bits per heavy atom. The van der Waals surface area contributed by atoms with E-state index in [0.717, 1.165) is 0 Å². The maximum absolute atomic E-state index is 13.8. The molecule has 1 aromatic heterocycles. The van der Waals surface area contributed by atoms with Gasteiger partial charge in [-0.25, -0.2) is 9.07 Å². The summed E-state index contributed by atoms with van der Waals surface area (Å²) in [6.07, 6.45) is 1.54. The molecule has 8 heteroatoms. The Morgan fingerprint density at radius 1 is 1.35 bits per heavy atom. The molecule has 0 spiro atoms. The molecule has 2 aliphatic rings. The largest absolute Gasteiger partial charge is 0.392 e. The molecule has 1 aromatic carbocycles. The van der Waals surface area contributed by atoms with Crippen molar-refractivity contribution < 1.29 is 9.13 Å². The lowest BCUT2D eigenvalue weighted by Gasteiger charge is -2.12. The molecule has 2 heterocycles. The molecule has 1 saturated carbocycles. The number of fused-ring (bicyclic) bond motifs is 1. The zero-order chi connectivity index (χ0) is 23.1. The van der Waals surface area contributed by atoms with Crippen LogP contribution in [0.1, 0.15) is 51.9 Å². The van der Waals surface area contributed by atoms with E-state index >= 15 is 0 Å². The summed E-state index contributed by atoms with van der Waals surface area (Å²) >= 11 is 0. The van der Waals surface area contributed by atoms with Gasteiger partial charge < -0.3 is 10.5 Å². The number of nitrogens with two attached hydrogens (primary N) is 1. The molecule has 2 N–H and O–H groups in total. The monoisotopic (exact) mass is 429 g/mol. The molecule has 1 aliphatic heterocycles. The Hall–Kier alpha value is -2.87. The van der Waals surface area contributed by atoms with Crippen molar-refractivity contribution in [2.24, 2.45) is 16.8 Å². The maximum atomic E-state index is 13.8. The van der Waals surface area contributed by atoms with E-state index in [4.69, 9.17) is 10.5 Å². The van der Waals surface area contributed by atoms with Crippen molar-refractivity contribution in [3.05, 3.63) is 64.3 Å². The summed E-state index contributed by atoms with van der Waals surface area (Å²) in [5, 5.41) is 8.19. The molecular formula is C23H32FN5O2. The standard InChI is InChI=1S/C19H20FN5O2.2C2H6/c1-3-14(22-8-11-6-4-5-7-13(11)20)17-16(21)19(26)25(24-23-17)18-12-9-27-10(2)15(12)18;2*1-2/h3-7,10,12,15,18H,1,8-9,21H2,2H3;2*1-2H3/t10-,12-,15?,18+;;/m1../s1. The van der Waals surface area contributed by atoms with E-state index in [0.29, 0.717) is 17.9 Å². The van der Waals surface area contributed by atoms with Gasteiger partial charge in [-0.15, -0.1) is 5.10 Å². The minimum Gasteiger partial charge on any atom is -0.392 e. The molecule has 2 fully saturated rings. The van der Waals surface area contributed by atoms with Crippen molar-refractivity contribution in [1.29, 1.82) is 0 Å². The fraction of sp³-hybridized carbons (Fsp3) is 0.478. The molecule has 168 valence electrons. The zero-order valence-corrected chi connectivity index (χ0v) is 18.9. The zero-order valence-electron chi connectivity index (χ0n) is 18.9. The summed E-state index contributed by atoms with van der Waals surface area (Å²) in [5.41, 5.74) is 6.51. The van der Waals surface area contributed by atoms with Crippen molar-refractivity contribution in [1.82, 2.24) is 15.0 Å². The number of rotatable bonds is 5. The Labute approximate surface area is 182 Å². The molecule has 2 aromatic rings. The predicted octanol–water partition coefficient (Wildman–Crippen LogP) is 3.79. The van der Waals surface area contributed by atoms with E-state index in [-0.39, 0.29) is 47.7 Å². The number of aliphatic imine (C=N–C) groups is 1. The van der Waals surface area contributed by atoms with Crippen molar-refractivity contribution in [3.8, 4) is 0 Å². The smallest absolute Gasteiger partial charge is 0.293 e. The van der Waals surface area contributed by atoms with Gasteiger partial charge in [-0.3, -0.25) is 9.79 Å². The van der Waals surface area contributed by atoms with Crippen LogP contribution >= 0.6 is 0 Å². The first-order valence-electron chi connectivity index (χ1n) is 10.8. The highest BCUT2D eigenvalue weighted by atomic mass is 19.1. The molecule has 31 heavy (non-hydrogen) atoms. The number of halogens is 1. The van der Waals surface area contributed by atoms with Gasteiger partial charge in [0.1, 0.15) is 17.2 Å². The summed E-state index contributed by atoms with van der Waals surface area (Å²) in [4.78, 5) is 17.0. The van der Waals surface area contributed by atoms with Gasteiger partial charge in [0.05, 0.1) is 31.0 Å². The van der Waals surface area contributed by atoms with Gasteiger partial charge in [-0.1, -0.05) is 57.7 Å². The highest BCUT2D eigenvalue weighted by Crippen LogP contribution is 2.56. The first kappa shape index (κ1) is 24.4. The van der Waals surface area contributed by atoms with E-state index < -0.39 is 5.56 Å². The van der Waals surface area contributed by atoms with Crippen LogP contribution in [0, 0.1) is 17.7 Å². The second-order valence-corrected chi connectivity index (χ2v) is 6.87. The van der Waals surface area contributed by atoms with Crippen LogP contribution in [0.5, 0.6) is 0 Å². The van der Waals surface area contributed by atoms with Crippen molar-refractivity contribution in [2.45, 2.75) is 53.3 Å². The third kappa shape index (κ3) is 4.90. The molecule has 0 amide bonds. The summed E-state index contributed by atoms with van der Waals surface area (Å²) < 4.78 is 20.7. The summed E-state index contributed by atoms with van der Waals surface area (Å²) in [7, 11) is 0. The van der Waals surface area contributed by atoms with E-state index in [1.54, 1.807) is 18.2 Å². The minimum absolute atomic E-state index is 0.0207. The summed E-state index contributed by atoms with van der Waals surface area (Å²) in [5.74, 6) is 0.206. The number of benzene rings is 1. The number of aromatic nitrogens is 3. The number of nitrogen functional groups attached to an aromatic ring is 1. The quantitative estimate of drug-likeness (QED) is 0.730.